The molecule has 3 aliphatic rings. The molecule has 2 bridgehead atoms. The number of benzene rings is 2. The van der Waals surface area contributed by atoms with E-state index >= 15 is 4.39 Å². The number of halogens is 1. The lowest BCUT2D eigenvalue weighted by molar-refractivity contribution is 0.279. The highest BCUT2D eigenvalue weighted by Gasteiger charge is 2.43. The van der Waals surface area contributed by atoms with E-state index in [1.165, 1.54) is 4.31 Å². The Morgan fingerprint density at radius 2 is 1.61 bits per heavy atom. The maximum absolute atomic E-state index is 15.5. The van der Waals surface area contributed by atoms with E-state index in [1.54, 1.807) is 24.8 Å². The fourth-order valence-corrected chi connectivity index (χ4v) is 8.74. The Labute approximate surface area is 212 Å². The maximum Gasteiger partial charge on any atom is 0.221 e. The van der Waals surface area contributed by atoms with Crippen molar-refractivity contribution in [2.75, 3.05) is 4.90 Å². The number of anilines is 1. The zero-order valence-corrected chi connectivity index (χ0v) is 21.3. The fraction of sp³-hybridized carbons (Fsp3) is 0.481. The van der Waals surface area contributed by atoms with E-state index < -0.39 is 15.3 Å². The summed E-state index contributed by atoms with van der Waals surface area (Å²) in [7, 11) is -3.60. The molecule has 3 saturated heterocycles. The lowest BCUT2D eigenvalue weighted by Crippen LogP contribution is -2.45. The van der Waals surface area contributed by atoms with Crippen molar-refractivity contribution in [2.45, 2.75) is 81.4 Å². The van der Waals surface area contributed by atoms with Crippen LogP contribution in [0.3, 0.4) is 0 Å². The molecule has 3 fully saturated rings. The molecule has 5 atom stereocenters. The number of hydrogen-bond donors (Lipinski definition) is 0. The number of nitrogens with zero attached hydrogens (tertiary/aromatic N) is 5. The van der Waals surface area contributed by atoms with Gasteiger partial charge in [0, 0.05) is 42.0 Å². The van der Waals surface area contributed by atoms with Gasteiger partial charge in [0.05, 0.1) is 0 Å². The highest BCUT2D eigenvalue weighted by Crippen LogP contribution is 2.44. The van der Waals surface area contributed by atoms with Gasteiger partial charge in [-0.1, -0.05) is 36.4 Å². The van der Waals surface area contributed by atoms with E-state index in [4.69, 9.17) is 0 Å². The first-order chi connectivity index (χ1) is 17.4. The number of hydrogen-bond acceptors (Lipinski definition) is 5. The molecule has 3 aromatic rings. The van der Waals surface area contributed by atoms with E-state index in [9.17, 15) is 8.42 Å². The van der Waals surface area contributed by atoms with Crippen LogP contribution in [0.5, 0.6) is 0 Å². The van der Waals surface area contributed by atoms with Gasteiger partial charge in [0.2, 0.25) is 10.0 Å². The quantitative estimate of drug-likeness (QED) is 0.492. The monoisotopic (exact) mass is 509 g/mol. The molecular weight excluding hydrogens is 477 g/mol. The Bertz CT molecular complexity index is 1300. The van der Waals surface area contributed by atoms with Crippen molar-refractivity contribution in [3.63, 3.8) is 0 Å². The van der Waals surface area contributed by atoms with Crippen LogP contribution in [0.1, 0.15) is 67.9 Å². The molecular formula is C27H32FN5O2S. The SMILES string of the molecule is CC1CCC(c2ccccc2)S(=O)(=O)N1Cc1ccc(N2[C@@H]3CC[C@H]2CC(n2cnnc2)C3)cc1F. The summed E-state index contributed by atoms with van der Waals surface area (Å²) < 4.78 is 46.2. The third kappa shape index (κ3) is 4.12. The lowest BCUT2D eigenvalue weighted by Gasteiger charge is -2.41. The Balaban J connectivity index is 1.21. The van der Waals surface area contributed by atoms with Gasteiger partial charge >= 0.3 is 0 Å². The van der Waals surface area contributed by atoms with Gasteiger partial charge in [0.25, 0.3) is 0 Å². The molecule has 0 N–H and O–H groups in total. The zero-order valence-electron chi connectivity index (χ0n) is 20.4. The average molecular weight is 510 g/mol. The molecule has 6 rings (SSSR count). The van der Waals surface area contributed by atoms with Crippen LogP contribution in [-0.4, -0.2) is 45.6 Å². The third-order valence-electron chi connectivity index (χ3n) is 8.42. The van der Waals surface area contributed by atoms with E-state index in [1.807, 2.05) is 43.3 Å². The summed E-state index contributed by atoms with van der Waals surface area (Å²) in [6, 6.07) is 15.6. The molecule has 190 valence electrons. The maximum atomic E-state index is 15.5. The van der Waals surface area contributed by atoms with Crippen LogP contribution in [0.25, 0.3) is 0 Å². The first-order valence-corrected chi connectivity index (χ1v) is 14.4. The molecule has 36 heavy (non-hydrogen) atoms. The molecule has 0 amide bonds. The summed E-state index contributed by atoms with van der Waals surface area (Å²) in [5, 5.41) is 7.33. The molecule has 4 heterocycles. The van der Waals surface area contributed by atoms with Crippen LogP contribution in [0.4, 0.5) is 10.1 Å². The Kier molecular flexibility index (Phi) is 6.08. The molecule has 0 radical (unpaired) electrons. The molecule has 1 aromatic heterocycles. The van der Waals surface area contributed by atoms with Gasteiger partial charge < -0.3 is 9.47 Å². The van der Waals surface area contributed by atoms with Gasteiger partial charge in [0.15, 0.2) is 0 Å². The van der Waals surface area contributed by atoms with E-state index in [0.29, 0.717) is 30.1 Å². The number of fused-ring (bicyclic) bond motifs is 2. The summed E-state index contributed by atoms with van der Waals surface area (Å²) in [5.41, 5.74) is 2.12. The van der Waals surface area contributed by atoms with Crippen LogP contribution >= 0.6 is 0 Å². The predicted molar refractivity (Wildman–Crippen MR) is 136 cm³/mol. The minimum absolute atomic E-state index is 0.0571. The van der Waals surface area contributed by atoms with Gasteiger partial charge in [-0.2, -0.15) is 4.31 Å². The van der Waals surface area contributed by atoms with Crippen molar-refractivity contribution in [1.29, 1.82) is 0 Å². The smallest absolute Gasteiger partial charge is 0.221 e. The summed E-state index contributed by atoms with van der Waals surface area (Å²) >= 11 is 0. The lowest BCUT2D eigenvalue weighted by atomic mass is 9.96. The van der Waals surface area contributed by atoms with Crippen LogP contribution in [0.2, 0.25) is 0 Å². The minimum Gasteiger partial charge on any atom is -0.365 e. The van der Waals surface area contributed by atoms with Crippen molar-refractivity contribution >= 4 is 15.7 Å². The van der Waals surface area contributed by atoms with Crippen molar-refractivity contribution in [3.8, 4) is 0 Å². The molecule has 0 spiro atoms. The highest BCUT2D eigenvalue weighted by atomic mass is 32.2. The fourth-order valence-electron chi connectivity index (χ4n) is 6.56. The van der Waals surface area contributed by atoms with Gasteiger partial charge in [-0.15, -0.1) is 10.2 Å². The Morgan fingerprint density at radius 1 is 0.917 bits per heavy atom. The highest BCUT2D eigenvalue weighted by molar-refractivity contribution is 7.89. The predicted octanol–water partition coefficient (Wildman–Crippen LogP) is 4.85. The second kappa shape index (κ2) is 9.27. The number of piperidine rings is 1. The topological polar surface area (TPSA) is 71.3 Å². The molecule has 0 aliphatic carbocycles. The summed E-state index contributed by atoms with van der Waals surface area (Å²) in [6.07, 6.45) is 9.07. The molecule has 0 saturated carbocycles. The second-order valence-electron chi connectivity index (χ2n) is 10.5. The average Bonchev–Trinajstić information content (AvgIpc) is 3.49. The van der Waals surface area contributed by atoms with Crippen molar-refractivity contribution in [2.24, 2.45) is 0 Å². The van der Waals surface area contributed by atoms with Gasteiger partial charge in [-0.3, -0.25) is 0 Å². The van der Waals surface area contributed by atoms with E-state index in [0.717, 1.165) is 43.4 Å². The van der Waals surface area contributed by atoms with Crippen LogP contribution < -0.4 is 4.90 Å². The van der Waals surface area contributed by atoms with E-state index in [2.05, 4.69) is 19.7 Å². The Morgan fingerprint density at radius 3 is 2.28 bits per heavy atom. The second-order valence-corrected chi connectivity index (χ2v) is 12.6. The largest absolute Gasteiger partial charge is 0.365 e. The van der Waals surface area contributed by atoms with Gasteiger partial charge in [0.1, 0.15) is 23.7 Å². The molecule has 7 nitrogen and oxygen atoms in total. The number of aromatic nitrogens is 3. The first-order valence-electron chi connectivity index (χ1n) is 12.9. The van der Waals surface area contributed by atoms with Gasteiger partial charge in [-0.05, 0) is 63.1 Å². The molecule has 2 aromatic carbocycles. The zero-order chi connectivity index (χ0) is 24.9. The Hall–Kier alpha value is -2.78. The van der Waals surface area contributed by atoms with Gasteiger partial charge in [-0.25, -0.2) is 12.8 Å². The normalized spacial score (nSPS) is 29.9. The van der Waals surface area contributed by atoms with Crippen LogP contribution in [-0.2, 0) is 16.6 Å². The summed E-state index contributed by atoms with van der Waals surface area (Å²) in [6.45, 7) is 1.98. The first kappa shape index (κ1) is 23.6. The molecule has 9 heteroatoms. The van der Waals surface area contributed by atoms with Crippen molar-refractivity contribution in [3.05, 3.63) is 78.1 Å². The van der Waals surface area contributed by atoms with E-state index in [-0.39, 0.29) is 18.4 Å². The minimum atomic E-state index is -3.60. The number of rotatable bonds is 5. The van der Waals surface area contributed by atoms with Crippen LogP contribution in [0.15, 0.2) is 61.2 Å². The molecule has 3 aliphatic heterocycles. The van der Waals surface area contributed by atoms with Crippen LogP contribution in [0, 0.1) is 5.82 Å². The van der Waals surface area contributed by atoms with Crippen molar-refractivity contribution in [1.82, 2.24) is 19.1 Å². The molecule has 3 unspecified atom stereocenters. The summed E-state index contributed by atoms with van der Waals surface area (Å²) in [4.78, 5) is 2.37. The van der Waals surface area contributed by atoms with Crippen molar-refractivity contribution < 1.29 is 12.8 Å². The number of sulfonamides is 1. The third-order valence-corrected chi connectivity index (χ3v) is 10.8. The standard InChI is InChI=1S/C27H32FN5O2S/c1-19-7-12-27(20-5-3-2-4-6-20)36(34,35)32(19)16-21-8-9-24(15-26(21)28)33-22-10-11-23(33)14-25(13-22)31-17-29-30-18-31/h2-6,8-9,15,17-19,22-23,25,27H,7,10-14,16H2,1H3/t19?,22-,23+,25?,27?. The summed E-state index contributed by atoms with van der Waals surface area (Å²) in [5.74, 6) is -0.336.